The highest BCUT2D eigenvalue weighted by Crippen LogP contribution is 2.19. The molecule has 110 valence electrons. The van der Waals surface area contributed by atoms with E-state index in [2.05, 4.69) is 4.74 Å². The molecule has 0 N–H and O–H groups in total. The second kappa shape index (κ2) is 7.19. The molecule has 0 saturated heterocycles. The zero-order chi connectivity index (χ0) is 15.3. The molecule has 1 aromatic heterocycles. The smallest absolute Gasteiger partial charge is 0.325 e. The van der Waals surface area contributed by atoms with Crippen LogP contribution < -0.4 is 0 Å². The molecule has 0 spiro atoms. The quantitative estimate of drug-likeness (QED) is 0.597. The van der Waals surface area contributed by atoms with Gasteiger partial charge in [-0.1, -0.05) is 6.92 Å². The van der Waals surface area contributed by atoms with Gasteiger partial charge in [0.15, 0.2) is 5.78 Å². The lowest BCUT2D eigenvalue weighted by molar-refractivity contribution is -0.141. The van der Waals surface area contributed by atoms with Crippen molar-refractivity contribution in [2.24, 2.45) is 0 Å². The van der Waals surface area contributed by atoms with E-state index in [0.29, 0.717) is 10.4 Å². The molecular weight excluding hydrogens is 278 g/mol. The van der Waals surface area contributed by atoms with Gasteiger partial charge < -0.3 is 9.64 Å². The van der Waals surface area contributed by atoms with E-state index in [1.807, 2.05) is 13.8 Å². The van der Waals surface area contributed by atoms with Crippen molar-refractivity contribution in [3.8, 4) is 0 Å². The molecule has 20 heavy (non-hydrogen) atoms. The predicted octanol–water partition coefficient (Wildman–Crippen LogP) is 2.36. The van der Waals surface area contributed by atoms with Crippen LogP contribution in [0.15, 0.2) is 11.4 Å². The van der Waals surface area contributed by atoms with E-state index in [9.17, 15) is 14.4 Å². The summed E-state index contributed by atoms with van der Waals surface area (Å²) in [7, 11) is 1.29. The summed E-state index contributed by atoms with van der Waals surface area (Å²) in [4.78, 5) is 37.1. The van der Waals surface area contributed by atoms with Gasteiger partial charge in [-0.05, 0) is 26.3 Å². The third-order valence-electron chi connectivity index (χ3n) is 3.13. The Labute approximate surface area is 122 Å². The third kappa shape index (κ3) is 3.90. The summed E-state index contributed by atoms with van der Waals surface area (Å²) in [5, 5.41) is 1.66. The Morgan fingerprint density at radius 1 is 1.40 bits per heavy atom. The first-order valence-electron chi connectivity index (χ1n) is 6.37. The van der Waals surface area contributed by atoms with E-state index in [0.717, 1.165) is 6.42 Å². The van der Waals surface area contributed by atoms with Crippen LogP contribution in [0.1, 0.15) is 47.2 Å². The second-order valence-corrected chi connectivity index (χ2v) is 5.43. The molecule has 1 atom stereocenters. The van der Waals surface area contributed by atoms with Crippen molar-refractivity contribution in [1.29, 1.82) is 0 Å². The standard InChI is InChI=1S/C14H19NO4S/c1-5-9(2)15(7-13(17)19-4)14(18)12-6-11(8-20-12)10(3)16/h6,8-9H,5,7H2,1-4H3. The minimum atomic E-state index is -0.456. The lowest BCUT2D eigenvalue weighted by atomic mass is 10.2. The molecule has 1 heterocycles. The minimum absolute atomic E-state index is 0.0792. The van der Waals surface area contributed by atoms with Crippen LogP contribution in [0.4, 0.5) is 0 Å². The number of ketones is 1. The number of esters is 1. The highest BCUT2D eigenvalue weighted by atomic mass is 32.1. The van der Waals surface area contributed by atoms with Gasteiger partial charge in [-0.2, -0.15) is 0 Å². The zero-order valence-electron chi connectivity index (χ0n) is 12.1. The van der Waals surface area contributed by atoms with Crippen molar-refractivity contribution < 1.29 is 19.1 Å². The summed E-state index contributed by atoms with van der Waals surface area (Å²) in [5.41, 5.74) is 0.514. The van der Waals surface area contributed by atoms with Crippen molar-refractivity contribution in [2.75, 3.05) is 13.7 Å². The average molecular weight is 297 g/mol. The van der Waals surface area contributed by atoms with Crippen LogP contribution in [0.5, 0.6) is 0 Å². The fourth-order valence-electron chi connectivity index (χ4n) is 1.63. The Bertz CT molecular complexity index is 509. The SMILES string of the molecule is CCC(C)N(CC(=O)OC)C(=O)c1cc(C(C)=O)cs1. The minimum Gasteiger partial charge on any atom is -0.468 e. The van der Waals surface area contributed by atoms with E-state index >= 15 is 0 Å². The maximum absolute atomic E-state index is 12.4. The lowest BCUT2D eigenvalue weighted by Crippen LogP contribution is -2.41. The largest absolute Gasteiger partial charge is 0.468 e. The first-order valence-corrected chi connectivity index (χ1v) is 7.25. The Morgan fingerprint density at radius 2 is 2.05 bits per heavy atom. The van der Waals surface area contributed by atoms with Gasteiger partial charge in [-0.25, -0.2) is 0 Å². The van der Waals surface area contributed by atoms with Crippen molar-refractivity contribution in [3.63, 3.8) is 0 Å². The van der Waals surface area contributed by atoms with Crippen LogP contribution >= 0.6 is 11.3 Å². The Hall–Kier alpha value is -1.69. The van der Waals surface area contributed by atoms with Crippen LogP contribution in [0.2, 0.25) is 0 Å². The molecule has 0 aromatic carbocycles. The molecular formula is C14H19NO4S. The van der Waals surface area contributed by atoms with E-state index in [-0.39, 0.29) is 24.3 Å². The molecule has 0 radical (unpaired) electrons. The van der Waals surface area contributed by atoms with Gasteiger partial charge in [0, 0.05) is 17.0 Å². The van der Waals surface area contributed by atoms with Crippen molar-refractivity contribution in [3.05, 3.63) is 21.9 Å². The highest BCUT2D eigenvalue weighted by molar-refractivity contribution is 7.12. The number of carbonyl (C=O) groups is 3. The molecule has 1 aromatic rings. The summed E-state index contributed by atoms with van der Waals surface area (Å²) in [6.07, 6.45) is 0.730. The van der Waals surface area contributed by atoms with Crippen LogP contribution in [0.3, 0.4) is 0 Å². The molecule has 0 aliphatic rings. The Morgan fingerprint density at radius 3 is 2.50 bits per heavy atom. The zero-order valence-corrected chi connectivity index (χ0v) is 13.0. The maximum Gasteiger partial charge on any atom is 0.325 e. The monoisotopic (exact) mass is 297 g/mol. The molecule has 1 amide bonds. The van der Waals surface area contributed by atoms with Gasteiger partial charge in [-0.15, -0.1) is 11.3 Å². The topological polar surface area (TPSA) is 63.7 Å². The fraction of sp³-hybridized carbons (Fsp3) is 0.500. The summed E-state index contributed by atoms with van der Waals surface area (Å²) in [6, 6.07) is 1.49. The number of hydrogen-bond donors (Lipinski definition) is 0. The Balaban J connectivity index is 2.96. The molecule has 0 bridgehead atoms. The van der Waals surface area contributed by atoms with E-state index in [4.69, 9.17) is 0 Å². The first-order chi connectivity index (χ1) is 9.40. The number of nitrogens with zero attached hydrogens (tertiary/aromatic N) is 1. The molecule has 1 unspecified atom stereocenters. The highest BCUT2D eigenvalue weighted by Gasteiger charge is 2.24. The van der Waals surface area contributed by atoms with E-state index < -0.39 is 5.97 Å². The number of Topliss-reactive ketones (excluding diaryl/α,β-unsaturated/α-hetero) is 1. The molecule has 0 aliphatic carbocycles. The lowest BCUT2D eigenvalue weighted by Gasteiger charge is -2.26. The average Bonchev–Trinajstić information content (AvgIpc) is 2.92. The molecule has 0 aliphatic heterocycles. The normalized spacial score (nSPS) is 11.8. The van der Waals surface area contributed by atoms with Gasteiger partial charge in [0.2, 0.25) is 0 Å². The number of ether oxygens (including phenoxy) is 1. The van der Waals surface area contributed by atoms with Crippen LogP contribution in [0, 0.1) is 0 Å². The first kappa shape index (κ1) is 16.4. The number of methoxy groups -OCH3 is 1. The number of hydrogen-bond acceptors (Lipinski definition) is 5. The van der Waals surface area contributed by atoms with Gasteiger partial charge >= 0.3 is 5.97 Å². The second-order valence-electron chi connectivity index (χ2n) is 4.52. The van der Waals surface area contributed by atoms with Crippen LogP contribution in [-0.4, -0.2) is 42.3 Å². The van der Waals surface area contributed by atoms with Gasteiger partial charge in [0.1, 0.15) is 6.54 Å². The van der Waals surface area contributed by atoms with E-state index in [1.54, 1.807) is 11.4 Å². The van der Waals surface area contributed by atoms with E-state index in [1.165, 1.54) is 30.3 Å². The number of carbonyl (C=O) groups excluding carboxylic acids is 3. The number of thiophene rings is 1. The summed E-state index contributed by atoms with van der Waals surface area (Å²) in [6.45, 7) is 5.19. The molecule has 1 rings (SSSR count). The van der Waals surface area contributed by atoms with Crippen LogP contribution in [-0.2, 0) is 9.53 Å². The third-order valence-corrected chi connectivity index (χ3v) is 4.05. The summed E-state index contributed by atoms with van der Waals surface area (Å²) in [5.74, 6) is -0.785. The van der Waals surface area contributed by atoms with Gasteiger partial charge in [-0.3, -0.25) is 14.4 Å². The summed E-state index contributed by atoms with van der Waals surface area (Å²) >= 11 is 1.21. The van der Waals surface area contributed by atoms with Crippen molar-refractivity contribution in [2.45, 2.75) is 33.2 Å². The molecule has 0 saturated carbocycles. The summed E-state index contributed by atoms with van der Waals surface area (Å²) < 4.78 is 4.62. The van der Waals surface area contributed by atoms with Crippen molar-refractivity contribution >= 4 is 29.0 Å². The number of amides is 1. The molecule has 5 nitrogen and oxygen atoms in total. The predicted molar refractivity (Wildman–Crippen MR) is 77.1 cm³/mol. The molecule has 6 heteroatoms. The Kier molecular flexibility index (Phi) is 5.88. The van der Waals surface area contributed by atoms with Gasteiger partial charge in [0.25, 0.3) is 5.91 Å². The fourth-order valence-corrected chi connectivity index (χ4v) is 2.53. The van der Waals surface area contributed by atoms with Crippen LogP contribution in [0.25, 0.3) is 0 Å². The van der Waals surface area contributed by atoms with Crippen molar-refractivity contribution in [1.82, 2.24) is 4.90 Å². The number of rotatable bonds is 6. The molecule has 0 fully saturated rings. The van der Waals surface area contributed by atoms with Gasteiger partial charge in [0.05, 0.1) is 12.0 Å². The maximum atomic E-state index is 12.4.